The van der Waals surface area contributed by atoms with Crippen molar-refractivity contribution in [3.63, 3.8) is 0 Å². The van der Waals surface area contributed by atoms with Crippen molar-refractivity contribution in [3.8, 4) is 0 Å². The Hall–Kier alpha value is -1.83. The molecule has 0 heterocycles. The molecule has 7 heteroatoms. The predicted molar refractivity (Wildman–Crippen MR) is 82.4 cm³/mol. The van der Waals surface area contributed by atoms with Crippen LogP contribution in [0.4, 0.5) is 0 Å². The van der Waals surface area contributed by atoms with E-state index in [4.69, 9.17) is 5.14 Å². The van der Waals surface area contributed by atoms with Gasteiger partial charge in [0.1, 0.15) is 0 Å². The molecule has 0 radical (unpaired) electrons. The Morgan fingerprint density at radius 2 is 1.67 bits per heavy atom. The average molecular weight is 322 g/mol. The average Bonchev–Trinajstić information content (AvgIpc) is 2.47. The van der Waals surface area contributed by atoms with Gasteiger partial charge in [-0.05, 0) is 36.4 Å². The lowest BCUT2D eigenvalue weighted by atomic mass is 10.2. The van der Waals surface area contributed by atoms with Crippen LogP contribution in [0.15, 0.2) is 64.4 Å². The summed E-state index contributed by atoms with van der Waals surface area (Å²) in [6.07, 6.45) is 0. The fourth-order valence-corrected chi connectivity index (χ4v) is 2.83. The lowest BCUT2D eigenvalue weighted by Gasteiger charge is -2.06. The van der Waals surface area contributed by atoms with Gasteiger partial charge < -0.3 is 5.32 Å². The van der Waals surface area contributed by atoms with E-state index in [0.717, 1.165) is 4.90 Å². The molecular formula is C14H14N2O3S2. The predicted octanol–water partition coefficient (Wildman–Crippen LogP) is 1.81. The van der Waals surface area contributed by atoms with Gasteiger partial charge >= 0.3 is 0 Å². The monoisotopic (exact) mass is 322 g/mol. The molecule has 0 unspecified atom stereocenters. The van der Waals surface area contributed by atoms with Gasteiger partial charge in [-0.1, -0.05) is 18.2 Å². The first kappa shape index (κ1) is 15.6. The number of primary sulfonamides is 1. The van der Waals surface area contributed by atoms with Gasteiger partial charge in [-0.25, -0.2) is 13.6 Å². The maximum absolute atomic E-state index is 11.9. The van der Waals surface area contributed by atoms with Crippen LogP contribution in [0, 0.1) is 0 Å². The molecule has 0 aliphatic carbocycles. The van der Waals surface area contributed by atoms with Crippen LogP contribution < -0.4 is 10.5 Å². The number of hydrogen-bond donors (Lipinski definition) is 2. The molecule has 1 amide bonds. The molecule has 2 aromatic rings. The summed E-state index contributed by atoms with van der Waals surface area (Å²) in [4.78, 5) is 12.9. The second kappa shape index (κ2) is 6.75. The molecule has 0 saturated carbocycles. The standard InChI is InChI=1S/C14H14N2O3S2/c15-21(18,19)13-8-6-11(7-9-13)14(17)16-10-20-12-4-2-1-3-5-12/h1-9H,10H2,(H,16,17)(H2,15,18,19). The van der Waals surface area contributed by atoms with Crippen molar-refractivity contribution in [2.24, 2.45) is 5.14 Å². The summed E-state index contributed by atoms with van der Waals surface area (Å²) in [5, 5.41) is 7.74. The van der Waals surface area contributed by atoms with Crippen molar-refractivity contribution < 1.29 is 13.2 Å². The summed E-state index contributed by atoms with van der Waals surface area (Å²) >= 11 is 1.50. The topological polar surface area (TPSA) is 89.3 Å². The van der Waals surface area contributed by atoms with Crippen LogP contribution in [0.1, 0.15) is 10.4 Å². The van der Waals surface area contributed by atoms with Crippen molar-refractivity contribution in [1.82, 2.24) is 5.32 Å². The summed E-state index contributed by atoms with van der Waals surface area (Å²) in [6, 6.07) is 15.2. The summed E-state index contributed by atoms with van der Waals surface area (Å²) in [7, 11) is -3.73. The van der Waals surface area contributed by atoms with Gasteiger partial charge in [0.15, 0.2) is 0 Å². The molecule has 2 rings (SSSR count). The second-order valence-electron chi connectivity index (χ2n) is 4.18. The fourth-order valence-electron chi connectivity index (χ4n) is 1.60. The first-order chi connectivity index (χ1) is 9.97. The summed E-state index contributed by atoms with van der Waals surface area (Å²) in [5.41, 5.74) is 0.385. The number of amides is 1. The minimum Gasteiger partial charge on any atom is -0.343 e. The van der Waals surface area contributed by atoms with Crippen LogP contribution in [0.3, 0.4) is 0 Å². The number of sulfonamides is 1. The molecule has 0 aliphatic rings. The normalized spacial score (nSPS) is 11.1. The minimum absolute atomic E-state index is 0.0160. The zero-order valence-electron chi connectivity index (χ0n) is 11.0. The zero-order valence-corrected chi connectivity index (χ0v) is 12.7. The number of thioether (sulfide) groups is 1. The van der Waals surface area contributed by atoms with E-state index in [-0.39, 0.29) is 10.8 Å². The Bertz CT molecular complexity index is 714. The van der Waals surface area contributed by atoms with Gasteiger partial charge in [-0.3, -0.25) is 4.79 Å². The van der Waals surface area contributed by atoms with Gasteiger partial charge in [-0.15, -0.1) is 11.8 Å². The fraction of sp³-hybridized carbons (Fsp3) is 0.0714. The van der Waals surface area contributed by atoms with Crippen LogP contribution in [0.25, 0.3) is 0 Å². The van der Waals surface area contributed by atoms with E-state index in [1.54, 1.807) is 0 Å². The number of carbonyl (C=O) groups is 1. The first-order valence-electron chi connectivity index (χ1n) is 6.06. The van der Waals surface area contributed by atoms with Crippen molar-refractivity contribution >= 4 is 27.7 Å². The molecule has 0 aromatic heterocycles. The molecule has 0 saturated heterocycles. The number of nitrogens with one attached hydrogen (secondary N) is 1. The summed E-state index contributed by atoms with van der Waals surface area (Å²) < 4.78 is 22.2. The number of hydrogen-bond acceptors (Lipinski definition) is 4. The van der Waals surface area contributed by atoms with Crippen LogP contribution in [-0.2, 0) is 10.0 Å². The molecule has 0 atom stereocenters. The van der Waals surface area contributed by atoms with Crippen molar-refractivity contribution in [3.05, 3.63) is 60.2 Å². The SMILES string of the molecule is NS(=O)(=O)c1ccc(C(=O)NCSc2ccccc2)cc1. The van der Waals surface area contributed by atoms with E-state index in [0.29, 0.717) is 11.4 Å². The lowest BCUT2D eigenvalue weighted by molar-refractivity contribution is 0.0961. The molecule has 21 heavy (non-hydrogen) atoms. The number of nitrogens with two attached hydrogens (primary N) is 1. The van der Waals surface area contributed by atoms with Crippen molar-refractivity contribution in [2.75, 3.05) is 5.88 Å². The Morgan fingerprint density at radius 3 is 2.24 bits per heavy atom. The molecule has 3 N–H and O–H groups in total. The zero-order chi connectivity index (χ0) is 15.3. The molecule has 0 bridgehead atoms. The van der Waals surface area contributed by atoms with Gasteiger partial charge in [0.2, 0.25) is 10.0 Å². The third-order valence-electron chi connectivity index (χ3n) is 2.66. The van der Waals surface area contributed by atoms with E-state index in [9.17, 15) is 13.2 Å². The third-order valence-corrected chi connectivity index (χ3v) is 4.48. The molecule has 0 aliphatic heterocycles. The third kappa shape index (κ3) is 4.59. The Balaban J connectivity index is 1.92. The van der Waals surface area contributed by atoms with E-state index < -0.39 is 10.0 Å². The highest BCUT2D eigenvalue weighted by molar-refractivity contribution is 7.99. The highest BCUT2D eigenvalue weighted by atomic mass is 32.2. The van der Waals surface area contributed by atoms with Crippen LogP contribution >= 0.6 is 11.8 Å². The van der Waals surface area contributed by atoms with Crippen LogP contribution in [0.2, 0.25) is 0 Å². The minimum atomic E-state index is -3.73. The maximum Gasteiger partial charge on any atom is 0.251 e. The van der Waals surface area contributed by atoms with Gasteiger partial charge in [-0.2, -0.15) is 0 Å². The largest absolute Gasteiger partial charge is 0.343 e. The van der Waals surface area contributed by atoms with E-state index in [1.807, 2.05) is 30.3 Å². The molecule has 5 nitrogen and oxygen atoms in total. The van der Waals surface area contributed by atoms with Crippen LogP contribution in [0.5, 0.6) is 0 Å². The lowest BCUT2D eigenvalue weighted by Crippen LogP contribution is -2.22. The van der Waals surface area contributed by atoms with E-state index >= 15 is 0 Å². The first-order valence-corrected chi connectivity index (χ1v) is 8.59. The molecule has 0 fully saturated rings. The van der Waals surface area contributed by atoms with Crippen molar-refractivity contribution in [1.29, 1.82) is 0 Å². The highest BCUT2D eigenvalue weighted by Gasteiger charge is 2.09. The van der Waals surface area contributed by atoms with Gasteiger partial charge in [0.25, 0.3) is 5.91 Å². The van der Waals surface area contributed by atoms with E-state index in [1.165, 1.54) is 36.0 Å². The molecule has 0 spiro atoms. The summed E-state index contributed by atoms with van der Waals surface area (Å²) in [5.74, 6) is 0.166. The smallest absolute Gasteiger partial charge is 0.251 e. The molecule has 2 aromatic carbocycles. The number of rotatable bonds is 5. The quantitative estimate of drug-likeness (QED) is 0.649. The Kier molecular flexibility index (Phi) is 5.00. The van der Waals surface area contributed by atoms with Gasteiger partial charge in [0.05, 0.1) is 10.8 Å². The summed E-state index contributed by atoms with van der Waals surface area (Å²) in [6.45, 7) is 0. The van der Waals surface area contributed by atoms with Gasteiger partial charge in [0, 0.05) is 10.5 Å². The Morgan fingerprint density at radius 1 is 1.05 bits per heavy atom. The Labute approximate surface area is 127 Å². The van der Waals surface area contributed by atoms with Crippen molar-refractivity contribution in [2.45, 2.75) is 9.79 Å². The van der Waals surface area contributed by atoms with E-state index in [2.05, 4.69) is 5.32 Å². The number of benzene rings is 2. The highest BCUT2D eigenvalue weighted by Crippen LogP contribution is 2.15. The second-order valence-corrected chi connectivity index (χ2v) is 6.79. The maximum atomic E-state index is 11.9. The number of carbonyl (C=O) groups excluding carboxylic acids is 1. The molecule has 110 valence electrons. The molecular weight excluding hydrogens is 308 g/mol. The van der Waals surface area contributed by atoms with Crippen LogP contribution in [-0.4, -0.2) is 20.2 Å².